The lowest BCUT2D eigenvalue weighted by molar-refractivity contribution is 1.55. The fourth-order valence-electron chi connectivity index (χ4n) is 0.164. The molecule has 0 amide bonds. The van der Waals surface area contributed by atoms with Crippen LogP contribution < -0.4 is 0 Å². The Morgan fingerprint density at radius 2 is 1.75 bits per heavy atom. The molecule has 2 heteroatoms. The summed E-state index contributed by atoms with van der Waals surface area (Å²) in [6.45, 7) is 8.93. The lowest BCUT2D eigenvalue weighted by Crippen LogP contribution is -2.21. The van der Waals surface area contributed by atoms with Gasteiger partial charge in [-0.15, -0.1) is 0 Å². The second-order valence-electron chi connectivity index (χ2n) is 3.04. The van der Waals surface area contributed by atoms with Gasteiger partial charge >= 0.3 is 0 Å². The minimum absolute atomic E-state index is 1.03. The molecule has 0 aliphatic carbocycles. The summed E-state index contributed by atoms with van der Waals surface area (Å²) in [6, 6.07) is 0. The Kier molecular flexibility index (Phi) is 2.78. The second kappa shape index (κ2) is 2.69. The molecule has 0 radical (unpaired) electrons. The molecule has 8 heavy (non-hydrogen) atoms. The lowest BCUT2D eigenvalue weighted by Gasteiger charge is -2.14. The van der Waals surface area contributed by atoms with Gasteiger partial charge in [0.2, 0.25) is 0 Å². The zero-order valence-corrected chi connectivity index (χ0v) is 7.71. The van der Waals surface area contributed by atoms with Crippen LogP contribution in [-0.2, 0) is 0 Å². The highest BCUT2D eigenvalue weighted by Crippen LogP contribution is 2.13. The van der Waals surface area contributed by atoms with E-state index in [1.807, 2.05) is 0 Å². The summed E-state index contributed by atoms with van der Waals surface area (Å²) in [5.74, 6) is 0. The zero-order chi connectivity index (χ0) is 6.78. The molecule has 0 atom stereocenters. The van der Waals surface area contributed by atoms with Crippen molar-refractivity contribution in [1.82, 2.24) is 0 Å². The van der Waals surface area contributed by atoms with Crippen LogP contribution in [-0.4, -0.2) is 8.07 Å². The molecule has 0 heterocycles. The highest BCUT2D eigenvalue weighted by Gasteiger charge is 2.13. The first-order valence-electron chi connectivity index (χ1n) is 2.76. The third kappa shape index (κ3) is 2.53. The van der Waals surface area contributed by atoms with Gasteiger partial charge in [-0.25, -0.2) is 0 Å². The van der Waals surface area contributed by atoms with Crippen molar-refractivity contribution in [3.05, 3.63) is 10.7 Å². The Bertz CT molecular complexity index is 99.6. The summed E-state index contributed by atoms with van der Waals surface area (Å²) in [5, 5.41) is 1.36. The summed E-state index contributed by atoms with van der Waals surface area (Å²) in [5.41, 5.74) is 1.70. The molecule has 0 unspecified atom stereocenters. The monoisotopic (exact) mass is 148 g/mol. The average Bonchev–Trinajstić information content (AvgIpc) is 1.62. The topological polar surface area (TPSA) is 0 Å². The fraction of sp³-hybridized carbons (Fsp3) is 0.667. The Labute approximate surface area is 57.6 Å². The van der Waals surface area contributed by atoms with Gasteiger partial charge in [-0.1, -0.05) is 36.4 Å². The van der Waals surface area contributed by atoms with Gasteiger partial charge < -0.3 is 0 Å². The molecule has 0 saturated heterocycles. The number of rotatable bonds is 1. The molecule has 0 N–H and O–H groups in total. The smallest absolute Gasteiger partial charge is 0.0732 e. The van der Waals surface area contributed by atoms with Crippen LogP contribution in [0, 0.1) is 0 Å². The number of hydrogen-bond acceptors (Lipinski definition) is 0. The van der Waals surface area contributed by atoms with E-state index in [0.717, 1.165) is 0 Å². The second-order valence-corrected chi connectivity index (χ2v) is 8.55. The molecule has 0 bridgehead atoms. The molecule has 0 nitrogen and oxygen atoms in total. The number of allylic oxidation sites excluding steroid dienone is 1. The first-order chi connectivity index (χ1) is 3.48. The third-order valence-electron chi connectivity index (χ3n) is 1.35. The van der Waals surface area contributed by atoms with Crippen LogP contribution in [0.5, 0.6) is 0 Å². The minimum Gasteiger partial charge on any atom is -0.0934 e. The van der Waals surface area contributed by atoms with E-state index in [-0.39, 0.29) is 0 Å². The summed E-state index contributed by atoms with van der Waals surface area (Å²) in [6.07, 6.45) is 0. The van der Waals surface area contributed by atoms with E-state index >= 15 is 0 Å². The van der Waals surface area contributed by atoms with Crippen molar-refractivity contribution in [3.8, 4) is 0 Å². The van der Waals surface area contributed by atoms with Gasteiger partial charge in [0.25, 0.3) is 0 Å². The van der Waals surface area contributed by atoms with Crippen LogP contribution in [0.1, 0.15) is 6.92 Å². The number of hydrogen-bond donors (Lipinski definition) is 0. The van der Waals surface area contributed by atoms with Gasteiger partial charge in [0.15, 0.2) is 0 Å². The molecule has 0 aliphatic heterocycles. The van der Waals surface area contributed by atoms with Gasteiger partial charge in [-0.3, -0.25) is 0 Å². The highest BCUT2D eigenvalue weighted by molar-refractivity contribution is 6.83. The Hall–Kier alpha value is 0.247. The summed E-state index contributed by atoms with van der Waals surface area (Å²) in [7, 11) is -1.03. The Morgan fingerprint density at radius 1 is 1.38 bits per heavy atom. The first kappa shape index (κ1) is 8.25. The Morgan fingerprint density at radius 3 is 1.75 bits per heavy atom. The average molecular weight is 149 g/mol. The molecule has 0 aromatic rings. The van der Waals surface area contributed by atoms with E-state index in [1.165, 1.54) is 5.20 Å². The minimum atomic E-state index is -1.03. The van der Waals surface area contributed by atoms with Crippen LogP contribution in [0.15, 0.2) is 10.7 Å². The molecular weight excluding hydrogens is 136 g/mol. The molecule has 0 aliphatic rings. The van der Waals surface area contributed by atoms with E-state index in [0.29, 0.717) is 0 Å². The van der Waals surface area contributed by atoms with Crippen LogP contribution in [0.25, 0.3) is 0 Å². The molecule has 0 saturated carbocycles. The van der Waals surface area contributed by atoms with Gasteiger partial charge in [-0.05, 0) is 12.5 Å². The van der Waals surface area contributed by atoms with Crippen LogP contribution in [0.3, 0.4) is 0 Å². The predicted octanol–water partition coefficient (Wildman–Crippen LogP) is 3.01. The quantitative estimate of drug-likeness (QED) is 0.502. The van der Waals surface area contributed by atoms with Crippen molar-refractivity contribution < 1.29 is 0 Å². The third-order valence-corrected chi connectivity index (χ3v) is 4.37. The van der Waals surface area contributed by atoms with E-state index in [9.17, 15) is 0 Å². The fourth-order valence-corrected chi connectivity index (χ4v) is 1.47. The maximum Gasteiger partial charge on any atom is 0.0732 e. The SMILES string of the molecule is C/C(=C\Cl)[Si](C)(C)C. The van der Waals surface area contributed by atoms with Crippen molar-refractivity contribution in [1.29, 1.82) is 0 Å². The summed E-state index contributed by atoms with van der Waals surface area (Å²) in [4.78, 5) is 0. The van der Waals surface area contributed by atoms with Crippen LogP contribution in [0.2, 0.25) is 19.6 Å². The van der Waals surface area contributed by atoms with E-state index in [2.05, 4.69) is 26.6 Å². The largest absolute Gasteiger partial charge is 0.0934 e. The molecule has 0 aromatic heterocycles. The first-order valence-corrected chi connectivity index (χ1v) is 6.69. The van der Waals surface area contributed by atoms with E-state index in [1.54, 1.807) is 5.54 Å². The van der Waals surface area contributed by atoms with Gasteiger partial charge in [0.1, 0.15) is 0 Å². The van der Waals surface area contributed by atoms with Crippen LogP contribution >= 0.6 is 11.6 Å². The molecule has 0 aromatic carbocycles. The summed E-state index contributed by atoms with van der Waals surface area (Å²) >= 11 is 5.51. The molecular formula is C6H13ClSi. The van der Waals surface area contributed by atoms with Gasteiger partial charge in [0, 0.05) is 0 Å². The molecule has 0 rings (SSSR count). The van der Waals surface area contributed by atoms with E-state index in [4.69, 9.17) is 11.6 Å². The highest BCUT2D eigenvalue weighted by atomic mass is 35.5. The lowest BCUT2D eigenvalue weighted by atomic mass is 10.7. The van der Waals surface area contributed by atoms with Crippen molar-refractivity contribution in [3.63, 3.8) is 0 Å². The van der Waals surface area contributed by atoms with Crippen molar-refractivity contribution >= 4 is 19.7 Å². The predicted molar refractivity (Wildman–Crippen MR) is 43.0 cm³/mol. The maximum absolute atomic E-state index is 5.51. The van der Waals surface area contributed by atoms with Crippen molar-refractivity contribution in [2.45, 2.75) is 26.6 Å². The molecule has 0 fully saturated rings. The van der Waals surface area contributed by atoms with Gasteiger partial charge in [-0.2, -0.15) is 0 Å². The van der Waals surface area contributed by atoms with Gasteiger partial charge in [0.05, 0.1) is 8.07 Å². The maximum atomic E-state index is 5.51. The summed E-state index contributed by atoms with van der Waals surface area (Å²) < 4.78 is 0. The standard InChI is InChI=1S/C6H13ClSi/c1-6(5-7)8(2,3)4/h5H,1-4H3/b6-5+. The molecule has 0 spiro atoms. The Balaban J connectivity index is 4.03. The number of halogens is 1. The van der Waals surface area contributed by atoms with Crippen LogP contribution in [0.4, 0.5) is 0 Å². The van der Waals surface area contributed by atoms with Crippen molar-refractivity contribution in [2.75, 3.05) is 0 Å². The van der Waals surface area contributed by atoms with Crippen molar-refractivity contribution in [2.24, 2.45) is 0 Å². The van der Waals surface area contributed by atoms with E-state index < -0.39 is 8.07 Å². The zero-order valence-electron chi connectivity index (χ0n) is 5.96. The normalized spacial score (nSPS) is 14.4. The molecule has 48 valence electrons.